The molecule has 4 aromatic rings. The molecule has 2 aromatic heterocycles. The summed E-state index contributed by atoms with van der Waals surface area (Å²) in [7, 11) is -3.88. The summed E-state index contributed by atoms with van der Waals surface area (Å²) in [6, 6.07) is 12.4. The molecule has 2 aliphatic rings. The average Bonchev–Trinajstić information content (AvgIpc) is 3.29. The zero-order chi connectivity index (χ0) is 27.7. The van der Waals surface area contributed by atoms with Gasteiger partial charge in [-0.1, -0.05) is 25.1 Å². The molecule has 200 valence electrons. The summed E-state index contributed by atoms with van der Waals surface area (Å²) in [5.74, 6) is -1.31. The average molecular weight is 550 g/mol. The Balaban J connectivity index is 1.56. The molecule has 0 spiro atoms. The number of aryl methyl sites for hydroxylation is 1. The van der Waals surface area contributed by atoms with Crippen LogP contribution >= 0.6 is 0 Å². The molecule has 0 radical (unpaired) electrons. The summed E-state index contributed by atoms with van der Waals surface area (Å²) in [6.45, 7) is 2.90. The van der Waals surface area contributed by atoms with Gasteiger partial charge in [0, 0.05) is 29.1 Å². The number of carbonyl (C=O) groups is 1. The number of rotatable bonds is 5. The summed E-state index contributed by atoms with van der Waals surface area (Å²) in [4.78, 5) is 30.8. The molecule has 39 heavy (non-hydrogen) atoms. The fourth-order valence-corrected chi connectivity index (χ4v) is 6.36. The molecule has 9 nitrogen and oxygen atoms in total. The number of ether oxygens (including phenoxy) is 1. The highest BCUT2D eigenvalue weighted by atomic mass is 32.2. The van der Waals surface area contributed by atoms with E-state index in [1.807, 2.05) is 0 Å². The second-order valence-corrected chi connectivity index (χ2v) is 11.5. The van der Waals surface area contributed by atoms with Gasteiger partial charge in [-0.3, -0.25) is 4.79 Å². The maximum atomic E-state index is 14.6. The van der Waals surface area contributed by atoms with Crippen LogP contribution in [0.3, 0.4) is 0 Å². The van der Waals surface area contributed by atoms with Gasteiger partial charge in [-0.15, -0.1) is 0 Å². The standard InChI is InChI=1S/C28H24FN3O6S/c1-3-28(35)21-10-24-25-19(13-32(24)26(33)20(21)14-38-27(28)34)18(17-9-15(2)22(29)11-23(17)31-25)12-30-39(36,37)16-7-5-4-6-8-16/h4-11,30,35H,3,12-14H2,1-2H3. The Hall–Kier alpha value is -3.93. The molecule has 4 heterocycles. The van der Waals surface area contributed by atoms with E-state index in [0.29, 0.717) is 33.5 Å². The Kier molecular flexibility index (Phi) is 5.72. The van der Waals surface area contributed by atoms with Gasteiger partial charge >= 0.3 is 5.97 Å². The van der Waals surface area contributed by atoms with E-state index in [9.17, 15) is 27.5 Å². The van der Waals surface area contributed by atoms with Gasteiger partial charge in [0.1, 0.15) is 12.4 Å². The summed E-state index contributed by atoms with van der Waals surface area (Å²) in [5.41, 5.74) is 0.413. The summed E-state index contributed by atoms with van der Waals surface area (Å²) < 4.78 is 49.9. The van der Waals surface area contributed by atoms with E-state index in [0.717, 1.165) is 0 Å². The van der Waals surface area contributed by atoms with Crippen LogP contribution in [0.15, 0.2) is 58.2 Å². The Morgan fingerprint density at radius 1 is 1.15 bits per heavy atom. The molecule has 1 unspecified atom stereocenters. The van der Waals surface area contributed by atoms with E-state index in [4.69, 9.17) is 4.74 Å². The number of benzene rings is 2. The number of cyclic esters (lactones) is 1. The number of nitrogens with one attached hydrogen (secondary N) is 1. The molecule has 0 fully saturated rings. The van der Waals surface area contributed by atoms with Crippen LogP contribution in [0.1, 0.15) is 41.2 Å². The fraction of sp³-hybridized carbons (Fsp3) is 0.250. The number of fused-ring (bicyclic) bond motifs is 5. The van der Waals surface area contributed by atoms with E-state index in [1.54, 1.807) is 44.2 Å². The minimum atomic E-state index is -3.88. The summed E-state index contributed by atoms with van der Waals surface area (Å²) in [6.07, 6.45) is -0.00324. The van der Waals surface area contributed by atoms with Crippen molar-refractivity contribution in [3.05, 3.63) is 92.5 Å². The Morgan fingerprint density at radius 3 is 2.62 bits per heavy atom. The molecule has 2 aliphatic heterocycles. The maximum absolute atomic E-state index is 14.6. The molecule has 0 aliphatic carbocycles. The number of halogens is 1. The van der Waals surface area contributed by atoms with E-state index in [-0.39, 0.29) is 47.7 Å². The summed E-state index contributed by atoms with van der Waals surface area (Å²) >= 11 is 0. The maximum Gasteiger partial charge on any atom is 0.343 e. The lowest BCUT2D eigenvalue weighted by Crippen LogP contribution is -2.44. The van der Waals surface area contributed by atoms with Crippen molar-refractivity contribution in [2.24, 2.45) is 0 Å². The number of sulfonamides is 1. The predicted octanol–water partition coefficient (Wildman–Crippen LogP) is 3.01. The SMILES string of the molecule is CCC1(O)C(=O)OCc2c1cc1n(c2=O)Cc2c-1nc1cc(F)c(C)cc1c2CNS(=O)(=O)c1ccccc1. The highest BCUT2D eigenvalue weighted by molar-refractivity contribution is 7.89. The molecular weight excluding hydrogens is 525 g/mol. The van der Waals surface area contributed by atoms with E-state index in [1.165, 1.54) is 22.8 Å². The van der Waals surface area contributed by atoms with Gasteiger partial charge in [-0.2, -0.15) is 0 Å². The normalized spacial score (nSPS) is 18.0. The zero-order valence-electron chi connectivity index (χ0n) is 21.1. The number of hydrogen-bond donors (Lipinski definition) is 2. The van der Waals surface area contributed by atoms with Crippen molar-refractivity contribution in [2.75, 3.05) is 0 Å². The van der Waals surface area contributed by atoms with Gasteiger partial charge in [-0.25, -0.2) is 27.3 Å². The molecule has 0 amide bonds. The predicted molar refractivity (Wildman–Crippen MR) is 140 cm³/mol. The van der Waals surface area contributed by atoms with Crippen LogP contribution in [-0.4, -0.2) is 29.0 Å². The number of nitrogens with zero attached hydrogens (tertiary/aromatic N) is 2. The van der Waals surface area contributed by atoms with Crippen LogP contribution in [0.25, 0.3) is 22.3 Å². The first-order valence-corrected chi connectivity index (χ1v) is 13.9. The van der Waals surface area contributed by atoms with Crippen molar-refractivity contribution in [1.82, 2.24) is 14.3 Å². The van der Waals surface area contributed by atoms with E-state index < -0.39 is 33.0 Å². The second kappa shape index (κ2) is 8.80. The lowest BCUT2D eigenvalue weighted by Gasteiger charge is -2.31. The Labute approximate surface area is 222 Å². The van der Waals surface area contributed by atoms with Gasteiger partial charge < -0.3 is 14.4 Å². The molecule has 0 saturated heterocycles. The van der Waals surface area contributed by atoms with Crippen LogP contribution in [0.2, 0.25) is 0 Å². The van der Waals surface area contributed by atoms with Crippen molar-refractivity contribution in [2.45, 2.75) is 50.5 Å². The van der Waals surface area contributed by atoms with Gasteiger partial charge in [0.15, 0.2) is 5.60 Å². The number of carbonyl (C=O) groups excluding carboxylic acids is 1. The lowest BCUT2D eigenvalue weighted by atomic mass is 9.86. The monoisotopic (exact) mass is 549 g/mol. The minimum absolute atomic E-state index is 0.00324. The largest absolute Gasteiger partial charge is 0.458 e. The first-order valence-electron chi connectivity index (χ1n) is 12.4. The van der Waals surface area contributed by atoms with Crippen molar-refractivity contribution < 1.29 is 27.4 Å². The number of pyridine rings is 2. The minimum Gasteiger partial charge on any atom is -0.458 e. The lowest BCUT2D eigenvalue weighted by molar-refractivity contribution is -0.172. The number of esters is 1. The van der Waals surface area contributed by atoms with Crippen LogP contribution in [0.4, 0.5) is 4.39 Å². The summed E-state index contributed by atoms with van der Waals surface area (Å²) in [5, 5.41) is 11.7. The van der Waals surface area contributed by atoms with Gasteiger partial charge in [-0.05, 0) is 48.7 Å². The quantitative estimate of drug-likeness (QED) is 0.323. The van der Waals surface area contributed by atoms with Crippen molar-refractivity contribution in [3.63, 3.8) is 0 Å². The van der Waals surface area contributed by atoms with Gasteiger partial charge in [0.2, 0.25) is 10.0 Å². The molecule has 1 atom stereocenters. The first-order chi connectivity index (χ1) is 18.5. The Morgan fingerprint density at radius 2 is 1.90 bits per heavy atom. The van der Waals surface area contributed by atoms with Crippen LogP contribution in [0.5, 0.6) is 0 Å². The number of aliphatic hydroxyl groups is 1. The molecule has 0 saturated carbocycles. The van der Waals surface area contributed by atoms with Crippen molar-refractivity contribution in [1.29, 1.82) is 0 Å². The molecular formula is C28H24FN3O6S. The molecule has 2 aromatic carbocycles. The molecule has 6 rings (SSSR count). The molecule has 11 heteroatoms. The van der Waals surface area contributed by atoms with Crippen molar-refractivity contribution >= 4 is 26.9 Å². The van der Waals surface area contributed by atoms with Crippen LogP contribution in [-0.2, 0) is 44.9 Å². The van der Waals surface area contributed by atoms with Crippen molar-refractivity contribution in [3.8, 4) is 11.4 Å². The third kappa shape index (κ3) is 3.80. The highest BCUT2D eigenvalue weighted by Gasteiger charge is 2.45. The van der Waals surface area contributed by atoms with Crippen LogP contribution < -0.4 is 10.3 Å². The first kappa shape index (κ1) is 25.4. The number of aromatic nitrogens is 2. The molecule has 2 N–H and O–H groups in total. The highest BCUT2D eigenvalue weighted by Crippen LogP contribution is 2.40. The van der Waals surface area contributed by atoms with E-state index in [2.05, 4.69) is 9.71 Å². The van der Waals surface area contributed by atoms with Gasteiger partial charge in [0.05, 0.1) is 33.9 Å². The zero-order valence-corrected chi connectivity index (χ0v) is 21.9. The smallest absolute Gasteiger partial charge is 0.343 e. The topological polar surface area (TPSA) is 128 Å². The molecule has 0 bridgehead atoms. The number of hydrogen-bond acceptors (Lipinski definition) is 7. The third-order valence-electron chi connectivity index (χ3n) is 7.58. The van der Waals surface area contributed by atoms with Crippen LogP contribution in [0, 0.1) is 12.7 Å². The third-order valence-corrected chi connectivity index (χ3v) is 9.00. The fourth-order valence-electron chi connectivity index (χ4n) is 5.34. The Bertz CT molecular complexity index is 1870. The van der Waals surface area contributed by atoms with Gasteiger partial charge in [0.25, 0.3) is 5.56 Å². The van der Waals surface area contributed by atoms with E-state index >= 15 is 0 Å². The second-order valence-electron chi connectivity index (χ2n) is 9.78.